The minimum atomic E-state index is -0.150. The maximum atomic E-state index is 12.3. The van der Waals surface area contributed by atoms with Gasteiger partial charge in [-0.1, -0.05) is 0 Å². The molecule has 3 atom stereocenters. The number of likely N-dealkylation sites (tertiary alicyclic amines) is 1. The Labute approximate surface area is 109 Å². The topological polar surface area (TPSA) is 38.8 Å². The Morgan fingerprint density at radius 2 is 2.22 bits per heavy atom. The molecule has 0 aromatic heterocycles. The highest BCUT2D eigenvalue weighted by Gasteiger charge is 2.45. The molecule has 102 valence electrons. The third-order valence-corrected chi connectivity index (χ3v) is 4.95. The van der Waals surface area contributed by atoms with Crippen molar-refractivity contribution in [2.24, 2.45) is 5.92 Å². The van der Waals surface area contributed by atoms with Crippen LogP contribution in [0.25, 0.3) is 0 Å². The molecule has 4 heteroatoms. The van der Waals surface area contributed by atoms with Crippen LogP contribution < -0.4 is 0 Å². The van der Waals surface area contributed by atoms with Crippen LogP contribution in [0.4, 0.5) is 0 Å². The fraction of sp³-hybridized carbons (Fsp3) is 0.929. The average Bonchev–Trinajstić information content (AvgIpc) is 2.80. The number of ether oxygens (including phenoxy) is 2. The number of hydrogen-bond donors (Lipinski definition) is 0. The zero-order valence-electron chi connectivity index (χ0n) is 11.4. The molecule has 3 fully saturated rings. The van der Waals surface area contributed by atoms with Gasteiger partial charge >= 0.3 is 0 Å². The van der Waals surface area contributed by atoms with E-state index < -0.39 is 0 Å². The van der Waals surface area contributed by atoms with Crippen LogP contribution in [0.2, 0.25) is 0 Å². The summed E-state index contributed by atoms with van der Waals surface area (Å²) in [4.78, 5) is 14.3. The van der Waals surface area contributed by atoms with Gasteiger partial charge in [-0.3, -0.25) is 4.79 Å². The molecule has 1 amide bonds. The van der Waals surface area contributed by atoms with Gasteiger partial charge in [-0.05, 0) is 32.6 Å². The van der Waals surface area contributed by atoms with Crippen molar-refractivity contribution >= 4 is 5.91 Å². The van der Waals surface area contributed by atoms with Gasteiger partial charge < -0.3 is 14.4 Å². The smallest absolute Gasteiger partial charge is 0.225 e. The second kappa shape index (κ2) is 4.49. The molecule has 3 rings (SSSR count). The van der Waals surface area contributed by atoms with E-state index in [1.807, 2.05) is 4.90 Å². The molecular weight excluding hydrogens is 230 g/mol. The fourth-order valence-electron chi connectivity index (χ4n) is 3.62. The van der Waals surface area contributed by atoms with Gasteiger partial charge in [0.05, 0.1) is 24.2 Å². The van der Waals surface area contributed by atoms with Crippen LogP contribution in [0.1, 0.15) is 39.0 Å². The molecule has 0 bridgehead atoms. The highest BCUT2D eigenvalue weighted by molar-refractivity contribution is 5.78. The number of carbonyl (C=O) groups excluding carboxylic acids is 1. The molecule has 2 aliphatic heterocycles. The van der Waals surface area contributed by atoms with Gasteiger partial charge in [0.15, 0.2) is 0 Å². The first-order valence-corrected chi connectivity index (χ1v) is 7.10. The highest BCUT2D eigenvalue weighted by Crippen LogP contribution is 2.39. The Bertz CT molecular complexity index is 320. The number of amides is 1. The summed E-state index contributed by atoms with van der Waals surface area (Å²) in [6, 6.07) is 0. The molecule has 2 heterocycles. The maximum Gasteiger partial charge on any atom is 0.225 e. The first-order valence-electron chi connectivity index (χ1n) is 7.10. The van der Waals surface area contributed by atoms with E-state index in [9.17, 15) is 4.79 Å². The van der Waals surface area contributed by atoms with E-state index in [0.29, 0.717) is 18.4 Å². The van der Waals surface area contributed by atoms with Crippen LogP contribution in [0, 0.1) is 5.92 Å². The third kappa shape index (κ3) is 2.05. The zero-order chi connectivity index (χ0) is 12.8. The van der Waals surface area contributed by atoms with Gasteiger partial charge in [-0.15, -0.1) is 0 Å². The Balaban J connectivity index is 1.55. The number of methoxy groups -OCH3 is 1. The van der Waals surface area contributed by atoms with E-state index in [4.69, 9.17) is 9.47 Å². The molecular formula is C14H23NO3. The lowest BCUT2D eigenvalue weighted by molar-refractivity contribution is -0.144. The molecule has 0 aromatic rings. The van der Waals surface area contributed by atoms with E-state index in [1.54, 1.807) is 7.11 Å². The summed E-state index contributed by atoms with van der Waals surface area (Å²) in [6.07, 6.45) is 5.56. The molecule has 0 radical (unpaired) electrons. The normalized spacial score (nSPS) is 37.4. The van der Waals surface area contributed by atoms with Crippen molar-refractivity contribution in [2.75, 3.05) is 20.2 Å². The van der Waals surface area contributed by atoms with Gasteiger partial charge in [0, 0.05) is 26.1 Å². The minimum absolute atomic E-state index is 0.150. The summed E-state index contributed by atoms with van der Waals surface area (Å²) in [7, 11) is 1.73. The number of hydrogen-bond acceptors (Lipinski definition) is 3. The van der Waals surface area contributed by atoms with Crippen molar-refractivity contribution in [3.63, 3.8) is 0 Å². The summed E-state index contributed by atoms with van der Waals surface area (Å²) < 4.78 is 11.4. The summed E-state index contributed by atoms with van der Waals surface area (Å²) in [5.41, 5.74) is -0.150. The molecule has 0 spiro atoms. The zero-order valence-corrected chi connectivity index (χ0v) is 11.4. The predicted octanol–water partition coefficient (Wildman–Crippen LogP) is 1.58. The van der Waals surface area contributed by atoms with Crippen molar-refractivity contribution in [3.8, 4) is 0 Å². The molecule has 4 nitrogen and oxygen atoms in total. The molecule has 3 aliphatic rings. The van der Waals surface area contributed by atoms with E-state index in [1.165, 1.54) is 6.42 Å². The van der Waals surface area contributed by atoms with Crippen LogP contribution >= 0.6 is 0 Å². The number of fused-ring (bicyclic) bond motifs is 1. The van der Waals surface area contributed by atoms with Crippen LogP contribution in [0.5, 0.6) is 0 Å². The molecule has 1 aliphatic carbocycles. The molecule has 0 aromatic carbocycles. The first-order chi connectivity index (χ1) is 8.62. The summed E-state index contributed by atoms with van der Waals surface area (Å²) in [6.45, 7) is 3.79. The van der Waals surface area contributed by atoms with Crippen molar-refractivity contribution in [1.29, 1.82) is 0 Å². The van der Waals surface area contributed by atoms with Crippen LogP contribution in [0.3, 0.4) is 0 Å². The predicted molar refractivity (Wildman–Crippen MR) is 67.2 cm³/mol. The van der Waals surface area contributed by atoms with E-state index in [0.717, 1.165) is 32.4 Å². The quantitative estimate of drug-likeness (QED) is 0.766. The standard InChI is InChI=1S/C14H23NO3/c1-10-6-11-8-15(9-12(11)18-10)13(16)7-14(17-2)4-3-5-14/h10-12H,3-9H2,1-2H3/t10-,11+,12-/m0/s1. The molecule has 18 heavy (non-hydrogen) atoms. The molecule has 0 unspecified atom stereocenters. The largest absolute Gasteiger partial charge is 0.378 e. The second-order valence-electron chi connectivity index (χ2n) is 6.20. The second-order valence-corrected chi connectivity index (χ2v) is 6.20. The Morgan fingerprint density at radius 1 is 1.44 bits per heavy atom. The van der Waals surface area contributed by atoms with Crippen LogP contribution in [-0.2, 0) is 14.3 Å². The van der Waals surface area contributed by atoms with Gasteiger partial charge in [-0.2, -0.15) is 0 Å². The van der Waals surface area contributed by atoms with Gasteiger partial charge in [0.1, 0.15) is 0 Å². The van der Waals surface area contributed by atoms with Crippen LogP contribution in [-0.4, -0.2) is 48.8 Å². The Kier molecular flexibility index (Phi) is 3.10. The molecule has 2 saturated heterocycles. The SMILES string of the molecule is COC1(CC(=O)N2C[C@H]3C[C@H](C)O[C@H]3C2)CCC1. The summed E-state index contributed by atoms with van der Waals surface area (Å²) in [5.74, 6) is 0.811. The average molecular weight is 253 g/mol. The molecule has 1 saturated carbocycles. The van der Waals surface area contributed by atoms with Crippen molar-refractivity contribution in [2.45, 2.75) is 56.8 Å². The number of carbonyl (C=O) groups is 1. The first kappa shape index (κ1) is 12.4. The van der Waals surface area contributed by atoms with E-state index in [-0.39, 0.29) is 17.6 Å². The number of rotatable bonds is 3. The highest BCUT2D eigenvalue weighted by atomic mass is 16.5. The summed E-state index contributed by atoms with van der Waals surface area (Å²) >= 11 is 0. The van der Waals surface area contributed by atoms with Crippen molar-refractivity contribution in [1.82, 2.24) is 4.90 Å². The van der Waals surface area contributed by atoms with Gasteiger partial charge in [0.2, 0.25) is 5.91 Å². The lowest BCUT2D eigenvalue weighted by Gasteiger charge is -2.40. The van der Waals surface area contributed by atoms with E-state index in [2.05, 4.69) is 6.92 Å². The van der Waals surface area contributed by atoms with Crippen molar-refractivity contribution < 1.29 is 14.3 Å². The maximum absolute atomic E-state index is 12.3. The van der Waals surface area contributed by atoms with Crippen molar-refractivity contribution in [3.05, 3.63) is 0 Å². The van der Waals surface area contributed by atoms with Crippen LogP contribution in [0.15, 0.2) is 0 Å². The fourth-order valence-corrected chi connectivity index (χ4v) is 3.62. The monoisotopic (exact) mass is 253 g/mol. The lowest BCUT2D eigenvalue weighted by atomic mass is 9.77. The lowest BCUT2D eigenvalue weighted by Crippen LogP contribution is -2.45. The Hall–Kier alpha value is -0.610. The summed E-state index contributed by atoms with van der Waals surface area (Å²) in [5, 5.41) is 0. The van der Waals surface area contributed by atoms with Gasteiger partial charge in [0.25, 0.3) is 0 Å². The minimum Gasteiger partial charge on any atom is -0.378 e. The Morgan fingerprint density at radius 3 is 2.78 bits per heavy atom. The van der Waals surface area contributed by atoms with E-state index >= 15 is 0 Å². The number of nitrogens with zero attached hydrogens (tertiary/aromatic N) is 1. The van der Waals surface area contributed by atoms with Gasteiger partial charge in [-0.25, -0.2) is 0 Å². The third-order valence-electron chi connectivity index (χ3n) is 4.95. The molecule has 0 N–H and O–H groups in total.